The highest BCUT2D eigenvalue weighted by molar-refractivity contribution is 6.31. The van der Waals surface area contributed by atoms with E-state index in [0.29, 0.717) is 22.8 Å². The maximum absolute atomic E-state index is 12.0. The lowest BCUT2D eigenvalue weighted by molar-refractivity contribution is -0.114. The minimum absolute atomic E-state index is 0.102. The van der Waals surface area contributed by atoms with Crippen LogP contribution >= 0.6 is 11.6 Å². The zero-order valence-corrected chi connectivity index (χ0v) is 14.4. The van der Waals surface area contributed by atoms with Gasteiger partial charge in [-0.25, -0.2) is 0 Å². The summed E-state index contributed by atoms with van der Waals surface area (Å²) < 4.78 is 0. The third-order valence-corrected chi connectivity index (χ3v) is 3.78. The van der Waals surface area contributed by atoms with E-state index in [1.165, 1.54) is 0 Å². The van der Waals surface area contributed by atoms with Gasteiger partial charge in [-0.15, -0.1) is 0 Å². The molecule has 2 aromatic rings. The normalized spacial score (nSPS) is 10.1. The number of aryl methyl sites for hydroxylation is 1. The first-order valence-electron chi connectivity index (χ1n) is 7.67. The van der Waals surface area contributed by atoms with Crippen molar-refractivity contribution < 1.29 is 9.59 Å². The largest absolute Gasteiger partial charge is 0.376 e. The maximum Gasteiger partial charge on any atom is 0.251 e. The number of benzene rings is 2. The second-order valence-corrected chi connectivity index (χ2v) is 5.71. The van der Waals surface area contributed by atoms with E-state index >= 15 is 0 Å². The van der Waals surface area contributed by atoms with E-state index in [4.69, 9.17) is 11.6 Å². The molecule has 0 fully saturated rings. The number of amides is 2. The summed E-state index contributed by atoms with van der Waals surface area (Å²) >= 11 is 6.05. The number of rotatable bonds is 6. The number of halogens is 1. The van der Waals surface area contributed by atoms with Crippen LogP contribution in [0.5, 0.6) is 0 Å². The van der Waals surface area contributed by atoms with E-state index in [2.05, 4.69) is 16.0 Å². The second kappa shape index (κ2) is 8.36. The molecule has 0 unspecified atom stereocenters. The summed E-state index contributed by atoms with van der Waals surface area (Å²) in [7, 11) is 0. The minimum Gasteiger partial charge on any atom is -0.376 e. The molecule has 5 nitrogen and oxygen atoms in total. The molecule has 2 amide bonds. The fourth-order valence-electron chi connectivity index (χ4n) is 2.09. The number of nitrogens with one attached hydrogen (secondary N) is 3. The molecule has 2 aromatic carbocycles. The molecule has 0 aliphatic heterocycles. The topological polar surface area (TPSA) is 70.2 Å². The minimum atomic E-state index is -0.209. The predicted octanol–water partition coefficient (Wildman–Crippen LogP) is 3.45. The fourth-order valence-corrected chi connectivity index (χ4v) is 2.27. The average molecular weight is 346 g/mol. The van der Waals surface area contributed by atoms with Crippen LogP contribution in [0.1, 0.15) is 22.8 Å². The van der Waals surface area contributed by atoms with Gasteiger partial charge in [0.1, 0.15) is 0 Å². The molecule has 24 heavy (non-hydrogen) atoms. The monoisotopic (exact) mass is 345 g/mol. The Balaban J connectivity index is 1.93. The van der Waals surface area contributed by atoms with Crippen molar-refractivity contribution >= 4 is 34.8 Å². The van der Waals surface area contributed by atoms with E-state index < -0.39 is 0 Å². The van der Waals surface area contributed by atoms with Crippen LogP contribution in [0.15, 0.2) is 42.5 Å². The smallest absolute Gasteiger partial charge is 0.251 e. The Morgan fingerprint density at radius 2 is 1.88 bits per heavy atom. The number of carbonyl (C=O) groups is 2. The lowest BCUT2D eigenvalue weighted by atomic mass is 10.2. The molecule has 0 heterocycles. The Hall–Kier alpha value is -2.53. The average Bonchev–Trinajstić information content (AvgIpc) is 2.56. The highest BCUT2D eigenvalue weighted by Gasteiger charge is 2.07. The van der Waals surface area contributed by atoms with Gasteiger partial charge >= 0.3 is 0 Å². The summed E-state index contributed by atoms with van der Waals surface area (Å²) in [5.41, 5.74) is 2.84. The molecule has 6 heteroatoms. The van der Waals surface area contributed by atoms with E-state index in [9.17, 15) is 9.59 Å². The number of hydrogen-bond donors (Lipinski definition) is 3. The van der Waals surface area contributed by atoms with Crippen molar-refractivity contribution in [2.24, 2.45) is 0 Å². The molecule has 0 bridgehead atoms. The molecule has 0 spiro atoms. The van der Waals surface area contributed by atoms with Crippen molar-refractivity contribution in [1.29, 1.82) is 0 Å². The molecular formula is C18H20ClN3O2. The first-order chi connectivity index (χ1) is 11.5. The summed E-state index contributed by atoms with van der Waals surface area (Å²) in [5.74, 6) is -0.374. The molecule has 3 N–H and O–H groups in total. The van der Waals surface area contributed by atoms with Crippen LogP contribution in [-0.4, -0.2) is 24.9 Å². The van der Waals surface area contributed by atoms with Crippen LogP contribution < -0.4 is 16.0 Å². The van der Waals surface area contributed by atoms with Gasteiger partial charge in [0.05, 0.1) is 6.54 Å². The quantitative estimate of drug-likeness (QED) is 0.751. The van der Waals surface area contributed by atoms with Crippen molar-refractivity contribution in [2.75, 3.05) is 23.7 Å². The van der Waals surface area contributed by atoms with Crippen molar-refractivity contribution in [3.63, 3.8) is 0 Å². The Morgan fingerprint density at radius 3 is 2.58 bits per heavy atom. The van der Waals surface area contributed by atoms with Crippen LogP contribution in [-0.2, 0) is 4.79 Å². The Labute approximate surface area is 146 Å². The Morgan fingerprint density at radius 1 is 1.08 bits per heavy atom. The molecule has 0 saturated heterocycles. The van der Waals surface area contributed by atoms with E-state index in [1.54, 1.807) is 30.3 Å². The molecule has 0 radical (unpaired) electrons. The van der Waals surface area contributed by atoms with Gasteiger partial charge < -0.3 is 16.0 Å². The van der Waals surface area contributed by atoms with Gasteiger partial charge in [-0.1, -0.05) is 23.7 Å². The third-order valence-electron chi connectivity index (χ3n) is 3.37. The molecule has 0 saturated carbocycles. The van der Waals surface area contributed by atoms with Gasteiger partial charge in [0, 0.05) is 28.5 Å². The predicted molar refractivity (Wildman–Crippen MR) is 97.8 cm³/mol. The van der Waals surface area contributed by atoms with Gasteiger partial charge in [0.15, 0.2) is 0 Å². The Kier molecular flexibility index (Phi) is 6.21. The number of anilines is 2. The van der Waals surface area contributed by atoms with Gasteiger partial charge in [-0.05, 0) is 49.7 Å². The fraction of sp³-hybridized carbons (Fsp3) is 0.222. The molecule has 0 aliphatic rings. The summed E-state index contributed by atoms with van der Waals surface area (Å²) in [6.07, 6.45) is 0. The van der Waals surface area contributed by atoms with Crippen molar-refractivity contribution in [2.45, 2.75) is 13.8 Å². The Bertz CT molecular complexity index is 747. The molecule has 2 rings (SSSR count). The van der Waals surface area contributed by atoms with Crippen LogP contribution in [0, 0.1) is 6.92 Å². The lowest BCUT2D eigenvalue weighted by Gasteiger charge is -2.10. The molecule has 0 atom stereocenters. The van der Waals surface area contributed by atoms with Gasteiger partial charge in [-0.3, -0.25) is 9.59 Å². The summed E-state index contributed by atoms with van der Waals surface area (Å²) in [4.78, 5) is 23.8. The lowest BCUT2D eigenvalue weighted by Crippen LogP contribution is -2.24. The van der Waals surface area contributed by atoms with Crippen LogP contribution in [0.2, 0.25) is 5.02 Å². The highest BCUT2D eigenvalue weighted by atomic mass is 35.5. The van der Waals surface area contributed by atoms with Crippen molar-refractivity contribution in [3.05, 3.63) is 58.6 Å². The van der Waals surface area contributed by atoms with Gasteiger partial charge in [0.2, 0.25) is 5.91 Å². The van der Waals surface area contributed by atoms with Crippen LogP contribution in [0.3, 0.4) is 0 Å². The summed E-state index contributed by atoms with van der Waals surface area (Å²) in [6, 6.07) is 12.3. The van der Waals surface area contributed by atoms with Crippen molar-refractivity contribution in [1.82, 2.24) is 5.32 Å². The van der Waals surface area contributed by atoms with Crippen LogP contribution in [0.25, 0.3) is 0 Å². The van der Waals surface area contributed by atoms with Gasteiger partial charge in [0.25, 0.3) is 5.91 Å². The third kappa shape index (κ3) is 4.99. The summed E-state index contributed by atoms with van der Waals surface area (Å²) in [5, 5.41) is 9.15. The second-order valence-electron chi connectivity index (χ2n) is 5.31. The molecular weight excluding hydrogens is 326 g/mol. The van der Waals surface area contributed by atoms with Crippen LogP contribution in [0.4, 0.5) is 11.4 Å². The first kappa shape index (κ1) is 17.8. The number of hydrogen-bond acceptors (Lipinski definition) is 3. The number of carbonyl (C=O) groups excluding carboxylic acids is 2. The zero-order valence-electron chi connectivity index (χ0n) is 13.7. The van der Waals surface area contributed by atoms with Crippen molar-refractivity contribution in [3.8, 4) is 0 Å². The van der Waals surface area contributed by atoms with E-state index in [1.807, 2.05) is 26.0 Å². The zero-order chi connectivity index (χ0) is 17.5. The van der Waals surface area contributed by atoms with Gasteiger partial charge in [-0.2, -0.15) is 0 Å². The SMILES string of the molecule is CCNC(=O)c1cccc(NC(=O)CNc2ccc(C)c(Cl)c2)c1. The standard InChI is InChI=1S/C18H20ClN3O2/c1-3-20-18(24)13-5-4-6-15(9-13)22-17(23)11-21-14-8-7-12(2)16(19)10-14/h4-10,21H,3,11H2,1-2H3,(H,20,24)(H,22,23). The maximum atomic E-state index is 12.0. The van der Waals surface area contributed by atoms with E-state index in [0.717, 1.165) is 11.3 Å². The molecule has 126 valence electrons. The molecule has 0 aromatic heterocycles. The highest BCUT2D eigenvalue weighted by Crippen LogP contribution is 2.19. The summed E-state index contributed by atoms with van der Waals surface area (Å²) in [6.45, 7) is 4.43. The first-order valence-corrected chi connectivity index (χ1v) is 8.05. The van der Waals surface area contributed by atoms with E-state index in [-0.39, 0.29) is 18.4 Å². The molecule has 0 aliphatic carbocycles.